The molecule has 4 heteroatoms. The third-order valence-electron chi connectivity index (χ3n) is 1.54. The van der Waals surface area contributed by atoms with E-state index in [1.54, 1.807) is 0 Å². The fraction of sp³-hybridized carbons (Fsp3) is 0.556. The van der Waals surface area contributed by atoms with E-state index >= 15 is 0 Å². The molecule has 1 aromatic heterocycles. The van der Waals surface area contributed by atoms with Gasteiger partial charge in [0, 0.05) is 18.3 Å². The number of hydrogen-bond donors (Lipinski definition) is 1. The molecule has 1 aromatic rings. The summed E-state index contributed by atoms with van der Waals surface area (Å²) in [6.45, 7) is 5.24. The highest BCUT2D eigenvalue weighted by atomic mass is 16.5. The average Bonchev–Trinajstić information content (AvgIpc) is 2.03. The Bertz CT molecular complexity index is 255. The second-order valence-electron chi connectivity index (χ2n) is 2.85. The predicted octanol–water partition coefficient (Wildman–Crippen LogP) is 0.692. The van der Waals surface area contributed by atoms with E-state index in [0.717, 1.165) is 18.1 Å². The lowest BCUT2D eigenvalue weighted by molar-refractivity contribution is 0.305. The fourth-order valence-electron chi connectivity index (χ4n) is 1.01. The molecule has 13 heavy (non-hydrogen) atoms. The van der Waals surface area contributed by atoms with E-state index < -0.39 is 0 Å². The van der Waals surface area contributed by atoms with Crippen molar-refractivity contribution in [2.24, 2.45) is 0 Å². The molecule has 0 radical (unpaired) electrons. The van der Waals surface area contributed by atoms with Crippen molar-refractivity contribution in [1.82, 2.24) is 15.3 Å². The van der Waals surface area contributed by atoms with Gasteiger partial charge in [-0.15, -0.1) is 0 Å². The zero-order valence-electron chi connectivity index (χ0n) is 8.29. The summed E-state index contributed by atoms with van der Waals surface area (Å²) in [5, 5.41) is 3.00. The van der Waals surface area contributed by atoms with Gasteiger partial charge >= 0.3 is 0 Å². The predicted molar refractivity (Wildman–Crippen MR) is 50.9 cm³/mol. The standard InChI is InChI=1S/C9H15N3O/c1-7-6-9(12-8(2)11-7)13-5-4-10-3/h6,10H,4-5H2,1-3H3. The van der Waals surface area contributed by atoms with E-state index in [1.807, 2.05) is 27.0 Å². The summed E-state index contributed by atoms with van der Waals surface area (Å²) >= 11 is 0. The van der Waals surface area contributed by atoms with Crippen LogP contribution in [-0.4, -0.2) is 30.2 Å². The van der Waals surface area contributed by atoms with Gasteiger partial charge in [-0.25, -0.2) is 4.98 Å². The number of nitrogens with zero attached hydrogens (tertiary/aromatic N) is 2. The summed E-state index contributed by atoms with van der Waals surface area (Å²) in [6, 6.07) is 1.84. The summed E-state index contributed by atoms with van der Waals surface area (Å²) in [5.41, 5.74) is 0.937. The van der Waals surface area contributed by atoms with Crippen molar-refractivity contribution in [2.45, 2.75) is 13.8 Å². The first-order valence-electron chi connectivity index (χ1n) is 4.32. The van der Waals surface area contributed by atoms with Gasteiger partial charge in [-0.05, 0) is 20.9 Å². The highest BCUT2D eigenvalue weighted by Gasteiger charge is 1.98. The summed E-state index contributed by atoms with van der Waals surface area (Å²) in [7, 11) is 1.89. The zero-order chi connectivity index (χ0) is 9.68. The number of rotatable bonds is 4. The van der Waals surface area contributed by atoms with E-state index in [4.69, 9.17) is 4.74 Å². The van der Waals surface area contributed by atoms with Crippen LogP contribution in [-0.2, 0) is 0 Å². The molecule has 0 saturated heterocycles. The molecule has 1 N–H and O–H groups in total. The Morgan fingerprint density at radius 1 is 1.38 bits per heavy atom. The number of likely N-dealkylation sites (N-methyl/N-ethyl adjacent to an activating group) is 1. The van der Waals surface area contributed by atoms with Crippen LogP contribution in [0.15, 0.2) is 6.07 Å². The second-order valence-corrected chi connectivity index (χ2v) is 2.85. The first-order valence-corrected chi connectivity index (χ1v) is 4.32. The minimum Gasteiger partial charge on any atom is -0.476 e. The van der Waals surface area contributed by atoms with E-state index in [0.29, 0.717) is 12.5 Å². The smallest absolute Gasteiger partial charge is 0.216 e. The summed E-state index contributed by atoms with van der Waals surface area (Å²) in [4.78, 5) is 8.30. The molecule has 1 heterocycles. The summed E-state index contributed by atoms with van der Waals surface area (Å²) < 4.78 is 5.39. The molecule has 0 aliphatic rings. The maximum absolute atomic E-state index is 5.39. The molecule has 72 valence electrons. The van der Waals surface area contributed by atoms with Crippen LogP contribution in [0, 0.1) is 13.8 Å². The lowest BCUT2D eigenvalue weighted by atomic mass is 10.4. The van der Waals surface area contributed by atoms with Crippen LogP contribution in [0.3, 0.4) is 0 Å². The molecule has 0 aliphatic carbocycles. The van der Waals surface area contributed by atoms with Gasteiger partial charge in [0.05, 0.1) is 0 Å². The van der Waals surface area contributed by atoms with Crippen LogP contribution in [0.4, 0.5) is 0 Å². The highest BCUT2D eigenvalue weighted by molar-refractivity contribution is 5.14. The molecular weight excluding hydrogens is 166 g/mol. The van der Waals surface area contributed by atoms with Crippen LogP contribution in [0.1, 0.15) is 11.5 Å². The molecule has 0 atom stereocenters. The number of ether oxygens (including phenoxy) is 1. The minimum absolute atomic E-state index is 0.631. The maximum atomic E-state index is 5.39. The van der Waals surface area contributed by atoms with Crippen molar-refractivity contribution in [3.05, 3.63) is 17.6 Å². The van der Waals surface area contributed by atoms with Crippen LogP contribution in [0.25, 0.3) is 0 Å². The number of hydrogen-bond acceptors (Lipinski definition) is 4. The Kier molecular flexibility index (Phi) is 3.64. The molecule has 0 aromatic carbocycles. The SMILES string of the molecule is CNCCOc1cc(C)nc(C)n1. The third kappa shape index (κ3) is 3.38. The van der Waals surface area contributed by atoms with Crippen LogP contribution in [0.5, 0.6) is 5.88 Å². The molecule has 0 unspecified atom stereocenters. The van der Waals surface area contributed by atoms with E-state index in [1.165, 1.54) is 0 Å². The van der Waals surface area contributed by atoms with Crippen molar-refractivity contribution >= 4 is 0 Å². The number of nitrogens with one attached hydrogen (secondary N) is 1. The average molecular weight is 181 g/mol. The number of aromatic nitrogens is 2. The zero-order valence-corrected chi connectivity index (χ0v) is 8.29. The van der Waals surface area contributed by atoms with E-state index in [9.17, 15) is 0 Å². The van der Waals surface area contributed by atoms with E-state index in [2.05, 4.69) is 15.3 Å². The molecule has 4 nitrogen and oxygen atoms in total. The van der Waals surface area contributed by atoms with Crippen molar-refractivity contribution in [2.75, 3.05) is 20.2 Å². The quantitative estimate of drug-likeness (QED) is 0.694. The normalized spacial score (nSPS) is 10.1. The maximum Gasteiger partial charge on any atom is 0.216 e. The van der Waals surface area contributed by atoms with Gasteiger partial charge in [0.1, 0.15) is 12.4 Å². The molecule has 0 bridgehead atoms. The summed E-state index contributed by atoms with van der Waals surface area (Å²) in [6.07, 6.45) is 0. The van der Waals surface area contributed by atoms with Gasteiger partial charge in [-0.1, -0.05) is 0 Å². The van der Waals surface area contributed by atoms with Crippen molar-refractivity contribution < 1.29 is 4.74 Å². The van der Waals surface area contributed by atoms with E-state index in [-0.39, 0.29) is 0 Å². The first kappa shape index (κ1) is 9.92. The molecule has 0 amide bonds. The lowest BCUT2D eigenvalue weighted by Gasteiger charge is -2.05. The van der Waals surface area contributed by atoms with Crippen molar-refractivity contribution in [3.8, 4) is 5.88 Å². The largest absolute Gasteiger partial charge is 0.476 e. The highest BCUT2D eigenvalue weighted by Crippen LogP contribution is 2.07. The van der Waals surface area contributed by atoms with Gasteiger partial charge in [0.25, 0.3) is 0 Å². The van der Waals surface area contributed by atoms with Crippen LogP contribution >= 0.6 is 0 Å². The van der Waals surface area contributed by atoms with Gasteiger partial charge in [0.15, 0.2) is 0 Å². The molecule has 0 saturated carbocycles. The molecular formula is C9H15N3O. The molecule has 0 spiro atoms. The minimum atomic E-state index is 0.631. The van der Waals surface area contributed by atoms with Gasteiger partial charge < -0.3 is 10.1 Å². The topological polar surface area (TPSA) is 47.0 Å². The number of aryl methyl sites for hydroxylation is 2. The van der Waals surface area contributed by atoms with Gasteiger partial charge in [-0.2, -0.15) is 4.98 Å². The Hall–Kier alpha value is -1.16. The van der Waals surface area contributed by atoms with Crippen molar-refractivity contribution in [3.63, 3.8) is 0 Å². The third-order valence-corrected chi connectivity index (χ3v) is 1.54. The fourth-order valence-corrected chi connectivity index (χ4v) is 1.01. The summed E-state index contributed by atoms with van der Waals surface area (Å²) in [5.74, 6) is 1.40. The van der Waals surface area contributed by atoms with Crippen LogP contribution < -0.4 is 10.1 Å². The molecule has 0 aliphatic heterocycles. The van der Waals surface area contributed by atoms with Crippen molar-refractivity contribution in [1.29, 1.82) is 0 Å². The first-order chi connectivity index (χ1) is 6.22. The Balaban J connectivity index is 2.56. The lowest BCUT2D eigenvalue weighted by Crippen LogP contribution is -2.16. The second kappa shape index (κ2) is 4.77. The van der Waals surface area contributed by atoms with Gasteiger partial charge in [0.2, 0.25) is 5.88 Å². The monoisotopic (exact) mass is 181 g/mol. The Morgan fingerprint density at radius 2 is 2.15 bits per heavy atom. The molecule has 1 rings (SSSR count). The molecule has 0 fully saturated rings. The Labute approximate surface area is 78.4 Å². The Morgan fingerprint density at radius 3 is 2.77 bits per heavy atom. The van der Waals surface area contributed by atoms with Gasteiger partial charge in [-0.3, -0.25) is 0 Å². The van der Waals surface area contributed by atoms with Crippen LogP contribution in [0.2, 0.25) is 0 Å².